The van der Waals surface area contributed by atoms with Crippen LogP contribution in [-0.2, 0) is 5.60 Å². The lowest BCUT2D eigenvalue weighted by Gasteiger charge is -2.24. The fraction of sp³-hybridized carbons (Fsp3) is 0.222. The third kappa shape index (κ3) is 4.81. The van der Waals surface area contributed by atoms with Crippen molar-refractivity contribution < 1.29 is 9.50 Å². The molecule has 0 fully saturated rings. The van der Waals surface area contributed by atoms with E-state index in [0.717, 1.165) is 5.56 Å². The summed E-state index contributed by atoms with van der Waals surface area (Å²) in [6.45, 7) is 2.78. The first-order valence-electron chi connectivity index (χ1n) is 6.99. The molecule has 0 saturated heterocycles. The van der Waals surface area contributed by atoms with Crippen molar-refractivity contribution in [1.29, 1.82) is 0 Å². The lowest BCUT2D eigenvalue weighted by Crippen LogP contribution is -2.35. The molecule has 0 heterocycles. The van der Waals surface area contributed by atoms with E-state index in [4.69, 9.17) is 0 Å². The predicted octanol–water partition coefficient (Wildman–Crippen LogP) is 3.34. The minimum atomic E-state index is -1.02. The molecule has 2 aromatic carbocycles. The molecule has 21 heavy (non-hydrogen) atoms. The number of halogens is 1. The third-order valence-electron chi connectivity index (χ3n) is 3.31. The molecule has 0 aliphatic heterocycles. The first-order valence-corrected chi connectivity index (χ1v) is 6.99. The maximum atomic E-state index is 12.9. The Kier molecular flexibility index (Phi) is 5.26. The van der Waals surface area contributed by atoms with Crippen LogP contribution in [0.25, 0.3) is 6.08 Å². The van der Waals surface area contributed by atoms with E-state index in [1.807, 2.05) is 42.5 Å². The first-order chi connectivity index (χ1) is 10.1. The topological polar surface area (TPSA) is 32.3 Å². The number of hydrogen-bond donors (Lipinski definition) is 2. The molecule has 1 atom stereocenters. The van der Waals surface area contributed by atoms with Crippen LogP contribution in [-0.4, -0.2) is 18.2 Å². The number of hydrogen-bond acceptors (Lipinski definition) is 2. The molecule has 2 rings (SSSR count). The van der Waals surface area contributed by atoms with Crippen LogP contribution in [0.1, 0.15) is 18.1 Å². The van der Waals surface area contributed by atoms with Crippen molar-refractivity contribution in [2.24, 2.45) is 0 Å². The number of benzene rings is 2. The molecular weight excluding hydrogens is 265 g/mol. The fourth-order valence-electron chi connectivity index (χ4n) is 2.07. The lowest BCUT2D eigenvalue weighted by molar-refractivity contribution is 0.0580. The summed E-state index contributed by atoms with van der Waals surface area (Å²) in [5, 5.41) is 13.6. The normalized spacial score (nSPS) is 14.2. The van der Waals surface area contributed by atoms with E-state index in [2.05, 4.69) is 5.32 Å². The first kappa shape index (κ1) is 15.4. The summed E-state index contributed by atoms with van der Waals surface area (Å²) in [5.74, 6) is -0.298. The van der Waals surface area contributed by atoms with Crippen LogP contribution in [0.5, 0.6) is 0 Å². The van der Waals surface area contributed by atoms with Gasteiger partial charge in [0.1, 0.15) is 5.82 Å². The fourth-order valence-corrected chi connectivity index (χ4v) is 2.07. The average Bonchev–Trinajstić information content (AvgIpc) is 2.48. The van der Waals surface area contributed by atoms with Crippen molar-refractivity contribution in [3.8, 4) is 0 Å². The Balaban J connectivity index is 1.82. The van der Waals surface area contributed by atoms with Crippen molar-refractivity contribution in [2.45, 2.75) is 12.5 Å². The van der Waals surface area contributed by atoms with Gasteiger partial charge in [0.25, 0.3) is 0 Å². The Morgan fingerprint density at radius 3 is 2.43 bits per heavy atom. The van der Waals surface area contributed by atoms with Gasteiger partial charge in [0.15, 0.2) is 0 Å². The van der Waals surface area contributed by atoms with Crippen molar-refractivity contribution in [1.82, 2.24) is 5.32 Å². The van der Waals surface area contributed by atoms with Crippen LogP contribution in [0, 0.1) is 5.82 Å². The summed E-state index contributed by atoms with van der Waals surface area (Å²) in [7, 11) is 0. The smallest absolute Gasteiger partial charge is 0.123 e. The third-order valence-corrected chi connectivity index (χ3v) is 3.31. The standard InChI is InChI=1S/C18H20FNO/c1-18(21,16-9-11-17(19)12-10-16)14-20-13-5-8-15-6-3-2-4-7-15/h2-12,20-21H,13-14H2,1H3/b8-5+. The molecule has 3 heteroatoms. The van der Waals surface area contributed by atoms with Gasteiger partial charge >= 0.3 is 0 Å². The second-order valence-electron chi connectivity index (χ2n) is 5.22. The lowest BCUT2D eigenvalue weighted by atomic mass is 9.96. The van der Waals surface area contributed by atoms with Crippen molar-refractivity contribution >= 4 is 6.08 Å². The van der Waals surface area contributed by atoms with E-state index < -0.39 is 5.60 Å². The molecule has 1 unspecified atom stereocenters. The van der Waals surface area contributed by atoms with E-state index in [1.54, 1.807) is 19.1 Å². The van der Waals surface area contributed by atoms with E-state index in [-0.39, 0.29) is 5.82 Å². The molecule has 2 N–H and O–H groups in total. The van der Waals surface area contributed by atoms with Gasteiger partial charge in [0.2, 0.25) is 0 Å². The van der Waals surface area contributed by atoms with Crippen LogP contribution in [0.2, 0.25) is 0 Å². The van der Waals surface area contributed by atoms with E-state index in [1.165, 1.54) is 12.1 Å². The van der Waals surface area contributed by atoms with Gasteiger partial charge in [0.05, 0.1) is 5.60 Å². The molecule has 110 valence electrons. The summed E-state index contributed by atoms with van der Waals surface area (Å²) in [6.07, 6.45) is 4.04. The van der Waals surface area contributed by atoms with Crippen LogP contribution >= 0.6 is 0 Å². The predicted molar refractivity (Wildman–Crippen MR) is 84.3 cm³/mol. The summed E-state index contributed by atoms with van der Waals surface area (Å²) >= 11 is 0. The minimum Gasteiger partial charge on any atom is -0.384 e. The zero-order valence-electron chi connectivity index (χ0n) is 12.1. The zero-order valence-corrected chi connectivity index (χ0v) is 12.1. The Morgan fingerprint density at radius 2 is 1.76 bits per heavy atom. The Labute approximate surface area is 124 Å². The molecule has 0 amide bonds. The molecule has 2 nitrogen and oxygen atoms in total. The van der Waals surface area contributed by atoms with Gasteiger partial charge in [-0.2, -0.15) is 0 Å². The van der Waals surface area contributed by atoms with Crippen LogP contribution in [0.4, 0.5) is 4.39 Å². The summed E-state index contributed by atoms with van der Waals surface area (Å²) < 4.78 is 12.9. The molecule has 0 radical (unpaired) electrons. The van der Waals surface area contributed by atoms with Crippen molar-refractivity contribution in [3.63, 3.8) is 0 Å². The number of nitrogens with one attached hydrogen (secondary N) is 1. The maximum absolute atomic E-state index is 12.9. The minimum absolute atomic E-state index is 0.298. The molecule has 0 aliphatic rings. The second-order valence-corrected chi connectivity index (χ2v) is 5.22. The van der Waals surface area contributed by atoms with Crippen LogP contribution in [0.15, 0.2) is 60.7 Å². The second kappa shape index (κ2) is 7.16. The van der Waals surface area contributed by atoms with Crippen LogP contribution in [0.3, 0.4) is 0 Å². The highest BCUT2D eigenvalue weighted by Crippen LogP contribution is 2.19. The summed E-state index contributed by atoms with van der Waals surface area (Å²) in [4.78, 5) is 0. The van der Waals surface area contributed by atoms with Gasteiger partial charge < -0.3 is 10.4 Å². The molecule has 0 bridgehead atoms. The van der Waals surface area contributed by atoms with Gasteiger partial charge in [-0.25, -0.2) is 4.39 Å². The molecule has 2 aromatic rings. The number of aliphatic hydroxyl groups is 1. The summed E-state index contributed by atoms with van der Waals surface area (Å²) in [6, 6.07) is 16.0. The highest BCUT2D eigenvalue weighted by Gasteiger charge is 2.22. The Morgan fingerprint density at radius 1 is 1.10 bits per heavy atom. The van der Waals surface area contributed by atoms with E-state index in [0.29, 0.717) is 18.7 Å². The molecule has 0 aliphatic carbocycles. The van der Waals surface area contributed by atoms with E-state index >= 15 is 0 Å². The highest BCUT2D eigenvalue weighted by atomic mass is 19.1. The SMILES string of the molecule is CC(O)(CNC/C=C/c1ccccc1)c1ccc(F)cc1. The number of rotatable bonds is 6. The average molecular weight is 285 g/mol. The van der Waals surface area contributed by atoms with Crippen molar-refractivity contribution in [2.75, 3.05) is 13.1 Å². The van der Waals surface area contributed by atoms with Gasteiger partial charge in [-0.1, -0.05) is 54.6 Å². The maximum Gasteiger partial charge on any atom is 0.123 e. The largest absolute Gasteiger partial charge is 0.384 e. The van der Waals surface area contributed by atoms with Gasteiger partial charge in [-0.3, -0.25) is 0 Å². The van der Waals surface area contributed by atoms with Gasteiger partial charge in [-0.15, -0.1) is 0 Å². The molecule has 0 saturated carbocycles. The van der Waals surface area contributed by atoms with Crippen molar-refractivity contribution in [3.05, 3.63) is 77.6 Å². The van der Waals surface area contributed by atoms with Gasteiger partial charge in [0, 0.05) is 13.1 Å². The summed E-state index contributed by atoms with van der Waals surface area (Å²) in [5.41, 5.74) is 0.821. The molecular formula is C18H20FNO. The molecule has 0 spiro atoms. The Bertz CT molecular complexity index is 576. The quantitative estimate of drug-likeness (QED) is 0.798. The van der Waals surface area contributed by atoms with Gasteiger partial charge in [-0.05, 0) is 30.2 Å². The van der Waals surface area contributed by atoms with E-state index in [9.17, 15) is 9.50 Å². The zero-order chi connectivity index (χ0) is 15.1. The monoisotopic (exact) mass is 285 g/mol. The van der Waals surface area contributed by atoms with Crippen LogP contribution < -0.4 is 5.32 Å². The molecule has 0 aromatic heterocycles. The highest BCUT2D eigenvalue weighted by molar-refractivity contribution is 5.48. The Hall–Kier alpha value is -1.97.